The molecule has 0 unspecified atom stereocenters. The third-order valence-electron chi connectivity index (χ3n) is 4.69. The summed E-state index contributed by atoms with van der Waals surface area (Å²) in [5.74, 6) is 0.417. The SMILES string of the molecule is CC(C)(O)CNC(=O)c1ccc(N2CCN(C(=O)C3CC3)CC2)cc1. The van der Waals surface area contributed by atoms with Gasteiger partial charge in [-0.25, -0.2) is 0 Å². The molecule has 0 bridgehead atoms. The minimum absolute atomic E-state index is 0.187. The fraction of sp³-hybridized carbons (Fsp3) is 0.579. The highest BCUT2D eigenvalue weighted by molar-refractivity contribution is 5.94. The molecular formula is C19H27N3O3. The Morgan fingerprint density at radius 1 is 1.12 bits per heavy atom. The quantitative estimate of drug-likeness (QED) is 0.842. The summed E-state index contributed by atoms with van der Waals surface area (Å²) in [6, 6.07) is 7.49. The Morgan fingerprint density at radius 2 is 1.72 bits per heavy atom. The lowest BCUT2D eigenvalue weighted by Gasteiger charge is -2.36. The largest absolute Gasteiger partial charge is 0.389 e. The van der Waals surface area contributed by atoms with Crippen molar-refractivity contribution >= 4 is 17.5 Å². The fourth-order valence-electron chi connectivity index (χ4n) is 3.00. The minimum atomic E-state index is -0.923. The second-order valence-corrected chi connectivity index (χ2v) is 7.63. The second kappa shape index (κ2) is 7.04. The lowest BCUT2D eigenvalue weighted by atomic mass is 10.1. The Kier molecular flexibility index (Phi) is 4.99. The van der Waals surface area contributed by atoms with Crippen molar-refractivity contribution in [2.24, 2.45) is 5.92 Å². The molecule has 136 valence electrons. The van der Waals surface area contributed by atoms with E-state index in [0.29, 0.717) is 11.5 Å². The third-order valence-corrected chi connectivity index (χ3v) is 4.69. The van der Waals surface area contributed by atoms with Gasteiger partial charge in [-0.1, -0.05) is 0 Å². The van der Waals surface area contributed by atoms with E-state index in [1.807, 2.05) is 17.0 Å². The molecule has 6 nitrogen and oxygen atoms in total. The van der Waals surface area contributed by atoms with E-state index in [0.717, 1.165) is 44.7 Å². The Morgan fingerprint density at radius 3 is 2.24 bits per heavy atom. The van der Waals surface area contributed by atoms with Crippen LogP contribution in [0.2, 0.25) is 0 Å². The van der Waals surface area contributed by atoms with Gasteiger partial charge in [-0.15, -0.1) is 0 Å². The number of rotatable bonds is 5. The summed E-state index contributed by atoms with van der Waals surface area (Å²) >= 11 is 0. The minimum Gasteiger partial charge on any atom is -0.389 e. The number of carbonyl (C=O) groups is 2. The molecule has 25 heavy (non-hydrogen) atoms. The topological polar surface area (TPSA) is 72.9 Å². The second-order valence-electron chi connectivity index (χ2n) is 7.63. The molecule has 1 aromatic rings. The molecule has 3 rings (SSSR count). The van der Waals surface area contributed by atoms with Crippen LogP contribution in [0, 0.1) is 5.92 Å². The van der Waals surface area contributed by atoms with Gasteiger partial charge in [0.2, 0.25) is 5.91 Å². The lowest BCUT2D eigenvalue weighted by molar-refractivity contribution is -0.132. The molecule has 1 aliphatic carbocycles. The standard InChI is InChI=1S/C19H27N3O3/c1-19(2,25)13-20-17(23)14-5-7-16(8-6-14)21-9-11-22(12-10-21)18(24)15-3-4-15/h5-8,15,25H,3-4,9-13H2,1-2H3,(H,20,23). The highest BCUT2D eigenvalue weighted by atomic mass is 16.3. The first-order valence-corrected chi connectivity index (χ1v) is 8.98. The third kappa shape index (κ3) is 4.72. The summed E-state index contributed by atoms with van der Waals surface area (Å²) in [5, 5.41) is 12.4. The summed E-state index contributed by atoms with van der Waals surface area (Å²) < 4.78 is 0. The molecule has 2 fully saturated rings. The number of piperazine rings is 1. The molecule has 1 aromatic carbocycles. The Labute approximate surface area is 148 Å². The van der Waals surface area contributed by atoms with Crippen molar-refractivity contribution in [3.8, 4) is 0 Å². The van der Waals surface area contributed by atoms with Gasteiger partial charge in [0, 0.05) is 49.9 Å². The van der Waals surface area contributed by atoms with E-state index in [9.17, 15) is 14.7 Å². The molecular weight excluding hydrogens is 318 g/mol. The van der Waals surface area contributed by atoms with E-state index >= 15 is 0 Å². The lowest BCUT2D eigenvalue weighted by Crippen LogP contribution is -2.49. The van der Waals surface area contributed by atoms with E-state index < -0.39 is 5.60 Å². The van der Waals surface area contributed by atoms with Crippen LogP contribution in [0.15, 0.2) is 24.3 Å². The highest BCUT2D eigenvalue weighted by Gasteiger charge is 2.34. The first-order valence-electron chi connectivity index (χ1n) is 8.98. The van der Waals surface area contributed by atoms with Gasteiger partial charge >= 0.3 is 0 Å². The molecule has 0 aromatic heterocycles. The van der Waals surface area contributed by atoms with E-state index in [2.05, 4.69) is 10.2 Å². The zero-order valence-electron chi connectivity index (χ0n) is 15.0. The number of anilines is 1. The van der Waals surface area contributed by atoms with Crippen molar-refractivity contribution in [3.05, 3.63) is 29.8 Å². The smallest absolute Gasteiger partial charge is 0.251 e. The van der Waals surface area contributed by atoms with Gasteiger partial charge in [0.25, 0.3) is 5.91 Å². The normalized spacial score (nSPS) is 18.2. The number of amides is 2. The number of hydrogen-bond acceptors (Lipinski definition) is 4. The van der Waals surface area contributed by atoms with Crippen LogP contribution in [-0.4, -0.2) is 60.1 Å². The van der Waals surface area contributed by atoms with E-state index in [-0.39, 0.29) is 18.4 Å². The van der Waals surface area contributed by atoms with Crippen LogP contribution >= 0.6 is 0 Å². The van der Waals surface area contributed by atoms with Crippen LogP contribution in [0.3, 0.4) is 0 Å². The van der Waals surface area contributed by atoms with Crippen LogP contribution in [0.5, 0.6) is 0 Å². The molecule has 0 atom stereocenters. The molecule has 1 aliphatic heterocycles. The predicted molar refractivity (Wildman–Crippen MR) is 96.6 cm³/mol. The molecule has 2 N–H and O–H groups in total. The summed E-state index contributed by atoms with van der Waals surface area (Å²) in [7, 11) is 0. The maximum Gasteiger partial charge on any atom is 0.251 e. The van der Waals surface area contributed by atoms with Gasteiger partial charge in [-0.3, -0.25) is 9.59 Å². The van der Waals surface area contributed by atoms with Gasteiger partial charge in [0.1, 0.15) is 0 Å². The predicted octanol–water partition coefficient (Wildman–Crippen LogP) is 1.25. The average Bonchev–Trinajstić information content (AvgIpc) is 3.44. The number of benzene rings is 1. The number of hydrogen-bond donors (Lipinski definition) is 2. The summed E-state index contributed by atoms with van der Waals surface area (Å²) in [6.45, 7) is 6.70. The summed E-state index contributed by atoms with van der Waals surface area (Å²) in [4.78, 5) is 28.4. The van der Waals surface area contributed by atoms with Crippen LogP contribution < -0.4 is 10.2 Å². The number of nitrogens with zero attached hydrogens (tertiary/aromatic N) is 2. The van der Waals surface area contributed by atoms with Gasteiger partial charge < -0.3 is 20.2 Å². The van der Waals surface area contributed by atoms with Crippen LogP contribution in [-0.2, 0) is 4.79 Å². The van der Waals surface area contributed by atoms with Gasteiger partial charge in [0.15, 0.2) is 0 Å². The molecule has 2 amide bonds. The van der Waals surface area contributed by atoms with Crippen molar-refractivity contribution in [2.45, 2.75) is 32.3 Å². The first kappa shape index (κ1) is 17.7. The Balaban J connectivity index is 1.52. The zero-order valence-corrected chi connectivity index (χ0v) is 15.0. The maximum atomic E-state index is 12.1. The van der Waals surface area contributed by atoms with Gasteiger partial charge in [-0.05, 0) is 51.0 Å². The van der Waals surface area contributed by atoms with Crippen molar-refractivity contribution in [1.29, 1.82) is 0 Å². The molecule has 6 heteroatoms. The van der Waals surface area contributed by atoms with Crippen LogP contribution in [0.4, 0.5) is 5.69 Å². The van der Waals surface area contributed by atoms with Crippen LogP contribution in [0.25, 0.3) is 0 Å². The summed E-state index contributed by atoms with van der Waals surface area (Å²) in [5.41, 5.74) is 0.723. The number of nitrogens with one attached hydrogen (secondary N) is 1. The van der Waals surface area contributed by atoms with E-state index in [1.165, 1.54) is 0 Å². The molecule has 0 radical (unpaired) electrons. The zero-order chi connectivity index (χ0) is 18.0. The summed E-state index contributed by atoms with van der Waals surface area (Å²) in [6.07, 6.45) is 2.10. The monoisotopic (exact) mass is 345 g/mol. The van der Waals surface area contributed by atoms with Crippen LogP contribution in [0.1, 0.15) is 37.0 Å². The molecule has 1 heterocycles. The number of carbonyl (C=O) groups excluding carboxylic acids is 2. The Hall–Kier alpha value is -2.08. The molecule has 2 aliphatic rings. The van der Waals surface area contributed by atoms with Crippen molar-refractivity contribution < 1.29 is 14.7 Å². The van der Waals surface area contributed by atoms with E-state index in [1.54, 1.807) is 26.0 Å². The molecule has 1 saturated heterocycles. The Bertz CT molecular complexity index is 624. The van der Waals surface area contributed by atoms with Crippen molar-refractivity contribution in [1.82, 2.24) is 10.2 Å². The van der Waals surface area contributed by atoms with Gasteiger partial charge in [0.05, 0.1) is 5.60 Å². The molecule has 1 saturated carbocycles. The number of aliphatic hydroxyl groups is 1. The average molecular weight is 345 g/mol. The fourth-order valence-corrected chi connectivity index (χ4v) is 3.00. The maximum absolute atomic E-state index is 12.1. The highest BCUT2D eigenvalue weighted by Crippen LogP contribution is 2.31. The van der Waals surface area contributed by atoms with Gasteiger partial charge in [-0.2, -0.15) is 0 Å². The molecule has 0 spiro atoms. The van der Waals surface area contributed by atoms with Crippen molar-refractivity contribution in [3.63, 3.8) is 0 Å². The van der Waals surface area contributed by atoms with Crippen molar-refractivity contribution in [2.75, 3.05) is 37.6 Å². The first-order chi connectivity index (χ1) is 11.8. The van der Waals surface area contributed by atoms with E-state index in [4.69, 9.17) is 0 Å².